The van der Waals surface area contributed by atoms with Gasteiger partial charge >= 0.3 is 0 Å². The van der Waals surface area contributed by atoms with Crippen LogP contribution in [0.25, 0.3) is 0 Å². The zero-order chi connectivity index (χ0) is 14.7. The van der Waals surface area contributed by atoms with Crippen molar-refractivity contribution >= 4 is 31.9 Å². The van der Waals surface area contributed by atoms with Gasteiger partial charge in [-0.05, 0) is 70.1 Å². The number of aryl methyl sites for hydroxylation is 1. The van der Waals surface area contributed by atoms with Crippen molar-refractivity contribution in [2.45, 2.75) is 26.2 Å². The molecule has 0 N–H and O–H groups in total. The maximum Gasteiger partial charge on any atom is 0.133 e. The number of hydrogen-bond donors (Lipinski definition) is 0. The van der Waals surface area contributed by atoms with Crippen LogP contribution in [0.1, 0.15) is 29.5 Å². The molecule has 0 fully saturated rings. The molecule has 2 aromatic carbocycles. The Labute approximate surface area is 137 Å². The fourth-order valence-corrected chi connectivity index (χ4v) is 3.10. The third-order valence-corrected chi connectivity index (χ3v) is 5.02. The Bertz CT molecular complexity index is 608. The average molecular weight is 398 g/mol. The van der Waals surface area contributed by atoms with Gasteiger partial charge in [0.1, 0.15) is 5.75 Å². The van der Waals surface area contributed by atoms with Gasteiger partial charge in [0.2, 0.25) is 0 Å². The van der Waals surface area contributed by atoms with Crippen LogP contribution in [0.5, 0.6) is 5.75 Å². The molecular formula is C17H18Br2O. The first kappa shape index (κ1) is 15.6. The molecule has 0 saturated carbocycles. The summed E-state index contributed by atoms with van der Waals surface area (Å²) < 4.78 is 7.45. The molecule has 20 heavy (non-hydrogen) atoms. The molecule has 0 heterocycles. The molecule has 1 nitrogen and oxygen atoms in total. The minimum absolute atomic E-state index is 0.470. The lowest BCUT2D eigenvalue weighted by Gasteiger charge is -2.14. The second-order valence-electron chi connectivity index (χ2n) is 5.08. The number of methoxy groups -OCH3 is 1. The lowest BCUT2D eigenvalue weighted by atomic mass is 9.93. The van der Waals surface area contributed by atoms with Gasteiger partial charge in [-0.25, -0.2) is 0 Å². The van der Waals surface area contributed by atoms with E-state index in [1.54, 1.807) is 7.11 Å². The Morgan fingerprint density at radius 2 is 1.80 bits per heavy atom. The maximum atomic E-state index is 5.27. The van der Waals surface area contributed by atoms with Gasteiger partial charge in [-0.2, -0.15) is 0 Å². The van der Waals surface area contributed by atoms with Crippen LogP contribution in [0.4, 0.5) is 0 Å². The maximum absolute atomic E-state index is 5.27. The number of benzene rings is 2. The monoisotopic (exact) mass is 396 g/mol. The van der Waals surface area contributed by atoms with E-state index >= 15 is 0 Å². The van der Waals surface area contributed by atoms with Crippen LogP contribution in [0.3, 0.4) is 0 Å². The average Bonchev–Trinajstić information content (AvgIpc) is 2.42. The molecule has 0 amide bonds. The molecule has 0 saturated heterocycles. The van der Waals surface area contributed by atoms with Gasteiger partial charge in [-0.3, -0.25) is 0 Å². The molecule has 0 spiro atoms. The Balaban J connectivity index is 2.17. The molecule has 2 rings (SSSR count). The van der Waals surface area contributed by atoms with Crippen molar-refractivity contribution in [1.29, 1.82) is 0 Å². The van der Waals surface area contributed by atoms with Gasteiger partial charge < -0.3 is 4.74 Å². The summed E-state index contributed by atoms with van der Waals surface area (Å²) in [5.74, 6) is 1.35. The SMILES string of the molecule is COc1ccc(C(C)Cc2ccc(Br)c(C)c2)cc1Br. The summed E-state index contributed by atoms with van der Waals surface area (Å²) in [6.07, 6.45) is 1.03. The number of hydrogen-bond acceptors (Lipinski definition) is 1. The summed E-state index contributed by atoms with van der Waals surface area (Å²) in [6.45, 7) is 4.38. The van der Waals surface area contributed by atoms with E-state index in [1.807, 2.05) is 6.07 Å². The Kier molecular flexibility index (Phi) is 5.28. The molecule has 1 atom stereocenters. The van der Waals surface area contributed by atoms with Crippen molar-refractivity contribution in [3.05, 3.63) is 62.0 Å². The predicted octanol–water partition coefficient (Wildman–Crippen LogP) is 5.87. The van der Waals surface area contributed by atoms with Crippen molar-refractivity contribution in [3.8, 4) is 5.75 Å². The fourth-order valence-electron chi connectivity index (χ4n) is 2.29. The second-order valence-corrected chi connectivity index (χ2v) is 6.79. The summed E-state index contributed by atoms with van der Waals surface area (Å²) in [4.78, 5) is 0. The third kappa shape index (κ3) is 3.64. The van der Waals surface area contributed by atoms with Crippen LogP contribution < -0.4 is 4.74 Å². The van der Waals surface area contributed by atoms with Crippen LogP contribution in [-0.4, -0.2) is 7.11 Å². The van der Waals surface area contributed by atoms with E-state index in [2.05, 4.69) is 76.0 Å². The van der Waals surface area contributed by atoms with Crippen molar-refractivity contribution in [3.63, 3.8) is 0 Å². The first-order chi connectivity index (χ1) is 9.51. The molecular weight excluding hydrogens is 380 g/mol. The Morgan fingerprint density at radius 3 is 2.40 bits per heavy atom. The Hall–Kier alpha value is -0.800. The molecule has 0 aromatic heterocycles. The number of rotatable bonds is 4. The first-order valence-corrected chi connectivity index (χ1v) is 8.18. The highest BCUT2D eigenvalue weighted by Gasteiger charge is 2.10. The van der Waals surface area contributed by atoms with E-state index in [0.717, 1.165) is 16.6 Å². The normalized spacial score (nSPS) is 12.2. The Morgan fingerprint density at radius 1 is 1.05 bits per heavy atom. The third-order valence-electron chi connectivity index (χ3n) is 3.51. The lowest BCUT2D eigenvalue weighted by molar-refractivity contribution is 0.412. The molecule has 1 unspecified atom stereocenters. The highest BCUT2D eigenvalue weighted by atomic mass is 79.9. The van der Waals surface area contributed by atoms with E-state index < -0.39 is 0 Å². The number of ether oxygens (including phenoxy) is 1. The fraction of sp³-hybridized carbons (Fsp3) is 0.294. The van der Waals surface area contributed by atoms with E-state index in [0.29, 0.717) is 5.92 Å². The predicted molar refractivity (Wildman–Crippen MR) is 91.7 cm³/mol. The quantitative estimate of drug-likeness (QED) is 0.626. The second kappa shape index (κ2) is 6.77. The van der Waals surface area contributed by atoms with Crippen molar-refractivity contribution in [1.82, 2.24) is 0 Å². The lowest BCUT2D eigenvalue weighted by Crippen LogP contribution is -1.99. The van der Waals surface area contributed by atoms with Gasteiger partial charge in [-0.15, -0.1) is 0 Å². The topological polar surface area (TPSA) is 9.23 Å². The van der Waals surface area contributed by atoms with Crippen LogP contribution in [0, 0.1) is 6.92 Å². The van der Waals surface area contributed by atoms with E-state index in [9.17, 15) is 0 Å². The van der Waals surface area contributed by atoms with E-state index in [-0.39, 0.29) is 0 Å². The zero-order valence-corrected chi connectivity index (χ0v) is 15.1. The van der Waals surface area contributed by atoms with E-state index in [1.165, 1.54) is 21.2 Å². The standard InChI is InChI=1S/C17H18Br2O/c1-11(8-13-4-6-15(18)12(2)9-13)14-5-7-17(20-3)16(19)10-14/h4-7,9-11H,8H2,1-3H3. The summed E-state index contributed by atoms with van der Waals surface area (Å²) >= 11 is 7.10. The minimum atomic E-state index is 0.470. The van der Waals surface area contributed by atoms with Crippen LogP contribution in [-0.2, 0) is 6.42 Å². The largest absolute Gasteiger partial charge is 0.496 e. The van der Waals surface area contributed by atoms with Crippen molar-refractivity contribution < 1.29 is 4.74 Å². The summed E-state index contributed by atoms with van der Waals surface area (Å²) in [6, 6.07) is 12.9. The molecule has 0 radical (unpaired) electrons. The van der Waals surface area contributed by atoms with Crippen LogP contribution in [0.2, 0.25) is 0 Å². The smallest absolute Gasteiger partial charge is 0.133 e. The highest BCUT2D eigenvalue weighted by molar-refractivity contribution is 9.10. The van der Waals surface area contributed by atoms with Crippen LogP contribution in [0.15, 0.2) is 45.3 Å². The van der Waals surface area contributed by atoms with Gasteiger partial charge in [0.05, 0.1) is 11.6 Å². The van der Waals surface area contributed by atoms with Gasteiger partial charge in [0.15, 0.2) is 0 Å². The summed E-state index contributed by atoms with van der Waals surface area (Å²) in [5, 5.41) is 0. The van der Waals surface area contributed by atoms with Gasteiger partial charge in [0, 0.05) is 4.47 Å². The summed E-state index contributed by atoms with van der Waals surface area (Å²) in [5.41, 5.74) is 3.97. The molecule has 0 aliphatic heterocycles. The molecule has 0 bridgehead atoms. The zero-order valence-electron chi connectivity index (χ0n) is 11.9. The summed E-state index contributed by atoms with van der Waals surface area (Å²) in [7, 11) is 1.69. The number of halogens is 2. The van der Waals surface area contributed by atoms with Crippen LogP contribution >= 0.6 is 31.9 Å². The molecule has 106 valence electrons. The highest BCUT2D eigenvalue weighted by Crippen LogP contribution is 2.30. The van der Waals surface area contributed by atoms with Crippen molar-refractivity contribution in [2.75, 3.05) is 7.11 Å². The first-order valence-electron chi connectivity index (χ1n) is 6.59. The molecule has 0 aliphatic carbocycles. The molecule has 2 aromatic rings. The van der Waals surface area contributed by atoms with Crippen molar-refractivity contribution in [2.24, 2.45) is 0 Å². The molecule has 0 aliphatic rings. The minimum Gasteiger partial charge on any atom is -0.496 e. The van der Waals surface area contributed by atoms with E-state index in [4.69, 9.17) is 4.74 Å². The molecule has 3 heteroatoms. The van der Waals surface area contributed by atoms with Gasteiger partial charge in [-0.1, -0.05) is 41.1 Å². The van der Waals surface area contributed by atoms with Gasteiger partial charge in [0.25, 0.3) is 0 Å².